The van der Waals surface area contributed by atoms with Crippen molar-refractivity contribution in [2.24, 2.45) is 5.92 Å². The summed E-state index contributed by atoms with van der Waals surface area (Å²) < 4.78 is 0. The molecule has 2 N–H and O–H groups in total. The van der Waals surface area contributed by atoms with Gasteiger partial charge in [-0.25, -0.2) is 0 Å². The van der Waals surface area contributed by atoms with E-state index in [9.17, 15) is 5.11 Å². The van der Waals surface area contributed by atoms with Crippen molar-refractivity contribution in [1.82, 2.24) is 5.32 Å². The quantitative estimate of drug-likeness (QED) is 0.832. The molecule has 1 aliphatic heterocycles. The Labute approximate surface area is 102 Å². The number of hydrogen-bond acceptors (Lipinski definition) is 2. The fraction of sp³-hybridized carbons (Fsp3) is 0.538. The number of benzene rings is 1. The molecule has 1 heterocycles. The number of nitrogens with one attached hydrogen (secondary N) is 1. The molecule has 0 aromatic heterocycles. The van der Waals surface area contributed by atoms with Gasteiger partial charge in [-0.05, 0) is 56.0 Å². The van der Waals surface area contributed by atoms with Crippen molar-refractivity contribution in [3.05, 3.63) is 34.3 Å². The van der Waals surface area contributed by atoms with E-state index in [-0.39, 0.29) is 6.10 Å². The van der Waals surface area contributed by atoms with E-state index in [1.807, 2.05) is 25.1 Å². The van der Waals surface area contributed by atoms with E-state index in [2.05, 4.69) is 5.32 Å². The SMILES string of the molecule is Cc1cc(C(O)C2CCNCC2)ccc1Cl. The third kappa shape index (κ3) is 2.57. The van der Waals surface area contributed by atoms with Gasteiger partial charge in [0.2, 0.25) is 0 Å². The van der Waals surface area contributed by atoms with Gasteiger partial charge in [0.25, 0.3) is 0 Å². The lowest BCUT2D eigenvalue weighted by Gasteiger charge is -2.27. The maximum atomic E-state index is 10.3. The maximum absolute atomic E-state index is 10.3. The first-order valence-corrected chi connectivity index (χ1v) is 6.21. The van der Waals surface area contributed by atoms with Crippen molar-refractivity contribution in [2.45, 2.75) is 25.9 Å². The lowest BCUT2D eigenvalue weighted by atomic mass is 9.88. The molecule has 2 nitrogen and oxygen atoms in total. The average molecular weight is 240 g/mol. The largest absolute Gasteiger partial charge is 0.388 e. The van der Waals surface area contributed by atoms with E-state index in [0.29, 0.717) is 5.92 Å². The Morgan fingerprint density at radius 2 is 2.06 bits per heavy atom. The first-order valence-electron chi connectivity index (χ1n) is 5.83. The van der Waals surface area contributed by atoms with Gasteiger partial charge in [-0.15, -0.1) is 0 Å². The van der Waals surface area contributed by atoms with Crippen molar-refractivity contribution >= 4 is 11.6 Å². The van der Waals surface area contributed by atoms with E-state index >= 15 is 0 Å². The molecule has 0 aliphatic carbocycles. The van der Waals surface area contributed by atoms with Gasteiger partial charge in [-0.1, -0.05) is 23.7 Å². The van der Waals surface area contributed by atoms with E-state index < -0.39 is 0 Å². The Morgan fingerprint density at radius 1 is 1.38 bits per heavy atom. The lowest BCUT2D eigenvalue weighted by Crippen LogP contribution is -2.30. The van der Waals surface area contributed by atoms with E-state index in [1.165, 1.54) is 0 Å². The Kier molecular flexibility index (Phi) is 3.85. The van der Waals surface area contributed by atoms with E-state index in [0.717, 1.165) is 42.1 Å². The summed E-state index contributed by atoms with van der Waals surface area (Å²) in [5.41, 5.74) is 2.03. The zero-order valence-corrected chi connectivity index (χ0v) is 10.3. The monoisotopic (exact) mass is 239 g/mol. The standard InChI is InChI=1S/C13H18ClNO/c1-9-8-11(2-3-12(9)14)13(16)10-4-6-15-7-5-10/h2-3,8,10,13,15-16H,4-7H2,1H3. The van der Waals surface area contributed by atoms with Crippen molar-refractivity contribution in [3.8, 4) is 0 Å². The highest BCUT2D eigenvalue weighted by Gasteiger charge is 2.22. The average Bonchev–Trinajstić information content (AvgIpc) is 2.33. The molecular formula is C13H18ClNO. The molecular weight excluding hydrogens is 222 g/mol. The third-order valence-electron chi connectivity index (χ3n) is 3.35. The number of aliphatic hydroxyl groups is 1. The van der Waals surface area contributed by atoms with Crippen LogP contribution in [0.3, 0.4) is 0 Å². The molecule has 1 fully saturated rings. The summed E-state index contributed by atoms with van der Waals surface area (Å²) in [4.78, 5) is 0. The van der Waals surface area contributed by atoms with Crippen molar-refractivity contribution in [3.63, 3.8) is 0 Å². The fourth-order valence-electron chi connectivity index (χ4n) is 2.28. The molecule has 1 atom stereocenters. The summed E-state index contributed by atoms with van der Waals surface area (Å²) in [6, 6.07) is 5.80. The third-order valence-corrected chi connectivity index (χ3v) is 3.78. The van der Waals surface area contributed by atoms with E-state index in [4.69, 9.17) is 11.6 Å². The summed E-state index contributed by atoms with van der Waals surface area (Å²) in [6.45, 7) is 3.99. The van der Waals surface area contributed by atoms with Gasteiger partial charge >= 0.3 is 0 Å². The summed E-state index contributed by atoms with van der Waals surface area (Å²) in [6.07, 6.45) is 1.74. The van der Waals surface area contributed by atoms with Crippen molar-refractivity contribution in [1.29, 1.82) is 0 Å². The molecule has 1 unspecified atom stereocenters. The number of rotatable bonds is 2. The van der Waals surface area contributed by atoms with Gasteiger partial charge < -0.3 is 10.4 Å². The van der Waals surface area contributed by atoms with Crippen LogP contribution >= 0.6 is 11.6 Å². The zero-order chi connectivity index (χ0) is 11.5. The van der Waals surface area contributed by atoms with Crippen LogP contribution in [0.2, 0.25) is 5.02 Å². The van der Waals surface area contributed by atoms with Crippen LogP contribution in [0.1, 0.15) is 30.1 Å². The molecule has 1 aliphatic rings. The molecule has 0 saturated carbocycles. The zero-order valence-electron chi connectivity index (χ0n) is 9.54. The van der Waals surface area contributed by atoms with Gasteiger partial charge in [0.05, 0.1) is 6.10 Å². The molecule has 0 radical (unpaired) electrons. The fourth-order valence-corrected chi connectivity index (χ4v) is 2.40. The summed E-state index contributed by atoms with van der Waals surface area (Å²) in [5.74, 6) is 0.377. The van der Waals surface area contributed by atoms with Crippen molar-refractivity contribution < 1.29 is 5.11 Å². The number of aryl methyl sites for hydroxylation is 1. The van der Waals surface area contributed by atoms with Crippen LogP contribution in [0.15, 0.2) is 18.2 Å². The summed E-state index contributed by atoms with van der Waals surface area (Å²) in [7, 11) is 0. The Bertz CT molecular complexity index is 361. The lowest BCUT2D eigenvalue weighted by molar-refractivity contribution is 0.0889. The molecule has 2 rings (SSSR count). The van der Waals surface area contributed by atoms with Crippen molar-refractivity contribution in [2.75, 3.05) is 13.1 Å². The highest BCUT2D eigenvalue weighted by molar-refractivity contribution is 6.31. The van der Waals surface area contributed by atoms with Gasteiger partial charge in [0.1, 0.15) is 0 Å². The van der Waals surface area contributed by atoms with Gasteiger partial charge in [-0.2, -0.15) is 0 Å². The Morgan fingerprint density at radius 3 is 2.69 bits per heavy atom. The number of piperidine rings is 1. The van der Waals surface area contributed by atoms with Crippen LogP contribution in [-0.2, 0) is 0 Å². The number of aliphatic hydroxyl groups excluding tert-OH is 1. The Hall–Kier alpha value is -0.570. The first kappa shape index (κ1) is 11.9. The minimum atomic E-state index is -0.349. The predicted molar refractivity (Wildman–Crippen MR) is 66.7 cm³/mol. The molecule has 0 amide bonds. The minimum absolute atomic E-state index is 0.349. The Balaban J connectivity index is 2.12. The van der Waals surface area contributed by atoms with Crippen LogP contribution in [0, 0.1) is 12.8 Å². The molecule has 0 bridgehead atoms. The first-order chi connectivity index (χ1) is 7.68. The molecule has 3 heteroatoms. The van der Waals surface area contributed by atoms with Gasteiger partial charge in [0.15, 0.2) is 0 Å². The van der Waals surface area contributed by atoms with E-state index in [1.54, 1.807) is 0 Å². The molecule has 88 valence electrons. The van der Waals surface area contributed by atoms with Gasteiger partial charge in [-0.3, -0.25) is 0 Å². The molecule has 0 spiro atoms. The molecule has 16 heavy (non-hydrogen) atoms. The molecule has 1 aromatic rings. The smallest absolute Gasteiger partial charge is 0.0819 e. The van der Waals surface area contributed by atoms with Crippen LogP contribution in [0.5, 0.6) is 0 Å². The maximum Gasteiger partial charge on any atom is 0.0819 e. The highest BCUT2D eigenvalue weighted by atomic mass is 35.5. The van der Waals surface area contributed by atoms with Crippen LogP contribution < -0.4 is 5.32 Å². The van der Waals surface area contributed by atoms with Crippen LogP contribution in [0.25, 0.3) is 0 Å². The highest BCUT2D eigenvalue weighted by Crippen LogP contribution is 2.30. The number of hydrogen-bond donors (Lipinski definition) is 2. The predicted octanol–water partition coefficient (Wildman–Crippen LogP) is 2.68. The molecule has 1 aromatic carbocycles. The minimum Gasteiger partial charge on any atom is -0.388 e. The van der Waals surface area contributed by atoms with Crippen LogP contribution in [0.4, 0.5) is 0 Å². The number of halogens is 1. The van der Waals surface area contributed by atoms with Crippen LogP contribution in [-0.4, -0.2) is 18.2 Å². The summed E-state index contributed by atoms with van der Waals surface area (Å²) >= 11 is 5.98. The topological polar surface area (TPSA) is 32.3 Å². The second-order valence-electron chi connectivity index (χ2n) is 4.54. The van der Waals surface area contributed by atoms with Gasteiger partial charge in [0, 0.05) is 5.02 Å². The second kappa shape index (κ2) is 5.17. The summed E-state index contributed by atoms with van der Waals surface area (Å²) in [5, 5.41) is 14.4. The normalized spacial score (nSPS) is 19.7. The molecule has 1 saturated heterocycles. The second-order valence-corrected chi connectivity index (χ2v) is 4.95.